The molecule has 1 aromatic carbocycles. The number of nitrogens with two attached hydrogens (primary N) is 1. The highest BCUT2D eigenvalue weighted by atomic mass is 19.1. The second-order valence-electron chi connectivity index (χ2n) is 3.75. The molecule has 0 bridgehead atoms. The molecule has 0 saturated carbocycles. The lowest BCUT2D eigenvalue weighted by molar-refractivity contribution is 0.576. The Hall–Kier alpha value is -2.44. The van der Waals surface area contributed by atoms with Crippen molar-refractivity contribution in [3.05, 3.63) is 62.4 Å². The fourth-order valence-electron chi connectivity index (χ4n) is 1.54. The minimum absolute atomic E-state index is 0.0888. The van der Waals surface area contributed by atoms with Crippen LogP contribution in [0.1, 0.15) is 5.56 Å². The third-order valence-corrected chi connectivity index (χ3v) is 2.31. The van der Waals surface area contributed by atoms with Crippen molar-refractivity contribution in [1.29, 1.82) is 0 Å². The number of halogens is 2. The summed E-state index contributed by atoms with van der Waals surface area (Å²) in [5, 5.41) is 0. The monoisotopic (exact) mass is 253 g/mol. The molecule has 2 aromatic rings. The maximum Gasteiger partial charge on any atom is 0.328 e. The fourth-order valence-corrected chi connectivity index (χ4v) is 1.54. The number of hydrogen-bond acceptors (Lipinski definition) is 3. The molecule has 0 radical (unpaired) electrons. The maximum absolute atomic E-state index is 13.0. The van der Waals surface area contributed by atoms with Crippen molar-refractivity contribution >= 4 is 5.69 Å². The topological polar surface area (TPSA) is 80.9 Å². The normalized spacial score (nSPS) is 10.6. The van der Waals surface area contributed by atoms with E-state index in [0.717, 1.165) is 29.0 Å². The predicted octanol–water partition coefficient (Wildman–Crippen LogP) is 0.445. The van der Waals surface area contributed by atoms with Gasteiger partial charge in [0.15, 0.2) is 0 Å². The number of aromatic nitrogens is 2. The molecule has 1 heterocycles. The summed E-state index contributed by atoms with van der Waals surface area (Å²) in [6, 6.07) is 2.92. The van der Waals surface area contributed by atoms with Crippen LogP contribution in [-0.4, -0.2) is 9.55 Å². The van der Waals surface area contributed by atoms with Crippen LogP contribution in [0.25, 0.3) is 0 Å². The van der Waals surface area contributed by atoms with E-state index in [2.05, 4.69) is 0 Å². The number of nitrogens with zero attached hydrogens (tertiary/aromatic N) is 1. The van der Waals surface area contributed by atoms with Gasteiger partial charge in [0.05, 0.1) is 6.54 Å². The molecule has 5 nitrogen and oxygen atoms in total. The smallest absolute Gasteiger partial charge is 0.328 e. The third-order valence-electron chi connectivity index (χ3n) is 2.31. The van der Waals surface area contributed by atoms with Crippen LogP contribution in [0.4, 0.5) is 14.5 Å². The van der Waals surface area contributed by atoms with Gasteiger partial charge in [0.1, 0.15) is 17.3 Å². The summed E-state index contributed by atoms with van der Waals surface area (Å²) in [7, 11) is 0. The predicted molar refractivity (Wildman–Crippen MR) is 61.2 cm³/mol. The molecule has 94 valence electrons. The molecule has 0 aliphatic carbocycles. The van der Waals surface area contributed by atoms with Gasteiger partial charge in [0.2, 0.25) is 0 Å². The van der Waals surface area contributed by atoms with Crippen LogP contribution >= 0.6 is 0 Å². The summed E-state index contributed by atoms with van der Waals surface area (Å²) in [6.45, 7) is -0.0888. The summed E-state index contributed by atoms with van der Waals surface area (Å²) in [5.41, 5.74) is 4.07. The average Bonchev–Trinajstić information content (AvgIpc) is 2.24. The van der Waals surface area contributed by atoms with Crippen molar-refractivity contribution in [2.75, 3.05) is 5.73 Å². The second-order valence-corrected chi connectivity index (χ2v) is 3.75. The lowest BCUT2D eigenvalue weighted by Crippen LogP contribution is -2.31. The van der Waals surface area contributed by atoms with Crippen LogP contribution in [0, 0.1) is 11.6 Å². The zero-order valence-electron chi connectivity index (χ0n) is 9.11. The van der Waals surface area contributed by atoms with E-state index < -0.39 is 22.9 Å². The van der Waals surface area contributed by atoms with Gasteiger partial charge in [-0.2, -0.15) is 0 Å². The Morgan fingerprint density at radius 2 is 1.78 bits per heavy atom. The van der Waals surface area contributed by atoms with Crippen molar-refractivity contribution in [2.24, 2.45) is 0 Å². The molecule has 7 heteroatoms. The molecule has 0 amide bonds. The second kappa shape index (κ2) is 4.44. The van der Waals surface area contributed by atoms with Crippen LogP contribution < -0.4 is 17.0 Å². The van der Waals surface area contributed by atoms with Crippen molar-refractivity contribution < 1.29 is 8.78 Å². The molecule has 0 atom stereocenters. The van der Waals surface area contributed by atoms with Crippen molar-refractivity contribution in [3.8, 4) is 0 Å². The first kappa shape index (κ1) is 12.0. The van der Waals surface area contributed by atoms with Gasteiger partial charge >= 0.3 is 5.69 Å². The summed E-state index contributed by atoms with van der Waals surface area (Å²) in [4.78, 5) is 24.5. The standard InChI is InChI=1S/C11H9F2N3O2/c12-7-1-6(2-8(13)3-7)4-16-5-9(14)10(17)15-11(16)18/h1-3,5H,4,14H2,(H,15,17,18). The van der Waals surface area contributed by atoms with E-state index in [9.17, 15) is 18.4 Å². The Labute approximate surface area is 99.5 Å². The Bertz CT molecular complexity index is 686. The molecule has 0 aliphatic heterocycles. The van der Waals surface area contributed by atoms with E-state index in [4.69, 9.17) is 5.73 Å². The van der Waals surface area contributed by atoms with E-state index in [-0.39, 0.29) is 17.8 Å². The van der Waals surface area contributed by atoms with Gasteiger partial charge in [0, 0.05) is 12.3 Å². The molecule has 0 aliphatic rings. The lowest BCUT2D eigenvalue weighted by atomic mass is 10.2. The zero-order chi connectivity index (χ0) is 13.3. The van der Waals surface area contributed by atoms with E-state index in [1.165, 1.54) is 0 Å². The van der Waals surface area contributed by atoms with Crippen LogP contribution in [0.15, 0.2) is 34.0 Å². The Balaban J connectivity index is 2.43. The van der Waals surface area contributed by atoms with Gasteiger partial charge < -0.3 is 5.73 Å². The van der Waals surface area contributed by atoms with Crippen molar-refractivity contribution in [1.82, 2.24) is 9.55 Å². The SMILES string of the molecule is Nc1cn(Cc2cc(F)cc(F)c2)c(=O)[nH]c1=O. The quantitative estimate of drug-likeness (QED) is 0.815. The van der Waals surface area contributed by atoms with Crippen LogP contribution in [0.5, 0.6) is 0 Å². The van der Waals surface area contributed by atoms with Crippen LogP contribution in [0.2, 0.25) is 0 Å². The van der Waals surface area contributed by atoms with Gasteiger partial charge in [-0.25, -0.2) is 13.6 Å². The average molecular weight is 253 g/mol. The molecule has 3 N–H and O–H groups in total. The molecular formula is C11H9F2N3O2. The minimum atomic E-state index is -0.740. The number of rotatable bonds is 2. The first-order valence-electron chi connectivity index (χ1n) is 5.00. The van der Waals surface area contributed by atoms with Crippen molar-refractivity contribution in [3.63, 3.8) is 0 Å². The zero-order valence-corrected chi connectivity index (χ0v) is 9.11. The highest BCUT2D eigenvalue weighted by Crippen LogP contribution is 2.08. The Morgan fingerprint density at radius 1 is 1.17 bits per heavy atom. The number of hydrogen-bond donors (Lipinski definition) is 2. The Kier molecular flexibility index (Phi) is 2.97. The summed E-state index contributed by atoms with van der Waals surface area (Å²) >= 11 is 0. The van der Waals surface area contributed by atoms with E-state index in [0.29, 0.717) is 0 Å². The molecule has 18 heavy (non-hydrogen) atoms. The highest BCUT2D eigenvalue weighted by Gasteiger charge is 2.05. The number of benzene rings is 1. The number of aromatic amines is 1. The molecule has 0 fully saturated rings. The van der Waals surface area contributed by atoms with Crippen LogP contribution in [-0.2, 0) is 6.54 Å². The summed E-state index contributed by atoms with van der Waals surface area (Å²) in [5.74, 6) is -1.48. The van der Waals surface area contributed by atoms with Gasteiger partial charge in [-0.3, -0.25) is 14.3 Å². The van der Waals surface area contributed by atoms with Gasteiger partial charge in [-0.1, -0.05) is 0 Å². The molecule has 0 unspecified atom stereocenters. The number of anilines is 1. The molecule has 0 spiro atoms. The highest BCUT2D eigenvalue weighted by molar-refractivity contribution is 5.30. The summed E-state index contributed by atoms with van der Waals surface area (Å²) < 4.78 is 27.0. The number of nitrogens with one attached hydrogen (secondary N) is 1. The van der Waals surface area contributed by atoms with Crippen LogP contribution in [0.3, 0.4) is 0 Å². The van der Waals surface area contributed by atoms with Crippen molar-refractivity contribution in [2.45, 2.75) is 6.54 Å². The largest absolute Gasteiger partial charge is 0.393 e. The van der Waals surface area contributed by atoms with E-state index in [1.54, 1.807) is 0 Å². The minimum Gasteiger partial charge on any atom is -0.393 e. The van der Waals surface area contributed by atoms with Gasteiger partial charge in [-0.05, 0) is 17.7 Å². The first-order valence-corrected chi connectivity index (χ1v) is 5.00. The lowest BCUT2D eigenvalue weighted by Gasteiger charge is -2.06. The number of nitrogen functional groups attached to an aromatic ring is 1. The Morgan fingerprint density at radius 3 is 2.39 bits per heavy atom. The summed E-state index contributed by atoms with van der Waals surface area (Å²) in [6.07, 6.45) is 1.13. The molecule has 1 aromatic heterocycles. The maximum atomic E-state index is 13.0. The fraction of sp³-hybridized carbons (Fsp3) is 0.0909. The number of H-pyrrole nitrogens is 1. The van der Waals surface area contributed by atoms with Gasteiger partial charge in [-0.15, -0.1) is 0 Å². The third kappa shape index (κ3) is 2.45. The molecule has 2 rings (SSSR count). The molecule has 0 saturated heterocycles. The van der Waals surface area contributed by atoms with E-state index in [1.807, 2.05) is 4.98 Å². The first-order chi connectivity index (χ1) is 8.45. The molecular weight excluding hydrogens is 244 g/mol. The van der Waals surface area contributed by atoms with E-state index >= 15 is 0 Å². The van der Waals surface area contributed by atoms with Gasteiger partial charge in [0.25, 0.3) is 5.56 Å².